The molecule has 2 aromatic rings. The summed E-state index contributed by atoms with van der Waals surface area (Å²) in [6.07, 6.45) is 5.47. The topological polar surface area (TPSA) is 58.6 Å². The quantitative estimate of drug-likeness (QED) is 0.540. The standard InChI is InChI=1S/C30H40N2O3/c1-20(2)14-16-31-29(33)22(4)35-26-13-12-23-15-17-32(30(34)24-9-5-6-10-24)28(27(23)19-26)25-11-7-8-21(3)18-25/h7-8,11-13,18-20,22,24,28H,5-6,9-10,14-17H2,1-4H3,(H,31,33)/t22-,28+/m0/s1. The fourth-order valence-electron chi connectivity index (χ4n) is 5.40. The molecule has 4 rings (SSSR count). The Morgan fingerprint density at radius 3 is 2.57 bits per heavy atom. The van der Waals surface area contributed by atoms with Gasteiger partial charge in [-0.25, -0.2) is 0 Å². The number of aryl methyl sites for hydroxylation is 1. The Balaban J connectivity index is 1.60. The number of fused-ring (bicyclic) bond motifs is 1. The molecule has 1 aliphatic carbocycles. The first-order chi connectivity index (χ1) is 16.8. The van der Waals surface area contributed by atoms with Gasteiger partial charge in [-0.3, -0.25) is 9.59 Å². The molecule has 35 heavy (non-hydrogen) atoms. The Morgan fingerprint density at radius 2 is 1.86 bits per heavy atom. The predicted molar refractivity (Wildman–Crippen MR) is 139 cm³/mol. The van der Waals surface area contributed by atoms with Crippen LogP contribution in [-0.2, 0) is 16.0 Å². The van der Waals surface area contributed by atoms with Crippen LogP contribution >= 0.6 is 0 Å². The minimum absolute atomic E-state index is 0.100. The lowest BCUT2D eigenvalue weighted by molar-refractivity contribution is -0.137. The fraction of sp³-hybridized carbons (Fsp3) is 0.533. The van der Waals surface area contributed by atoms with E-state index in [1.54, 1.807) is 6.92 Å². The molecule has 0 unspecified atom stereocenters. The first-order valence-corrected chi connectivity index (χ1v) is 13.3. The molecule has 0 saturated heterocycles. The highest BCUT2D eigenvalue weighted by atomic mass is 16.5. The largest absolute Gasteiger partial charge is 0.481 e. The van der Waals surface area contributed by atoms with Crippen molar-refractivity contribution in [2.24, 2.45) is 11.8 Å². The van der Waals surface area contributed by atoms with Crippen molar-refractivity contribution in [1.29, 1.82) is 0 Å². The van der Waals surface area contributed by atoms with E-state index in [1.165, 1.54) is 11.1 Å². The molecule has 0 radical (unpaired) electrons. The van der Waals surface area contributed by atoms with Crippen LogP contribution in [0.1, 0.15) is 81.2 Å². The minimum atomic E-state index is -0.586. The van der Waals surface area contributed by atoms with Gasteiger partial charge in [-0.1, -0.05) is 62.6 Å². The summed E-state index contributed by atoms with van der Waals surface area (Å²) in [7, 11) is 0. The Kier molecular flexibility index (Phi) is 8.15. The van der Waals surface area contributed by atoms with Crippen molar-refractivity contribution in [3.05, 3.63) is 64.7 Å². The molecule has 2 atom stereocenters. The maximum Gasteiger partial charge on any atom is 0.260 e. The van der Waals surface area contributed by atoms with Gasteiger partial charge < -0.3 is 15.0 Å². The number of hydrogen-bond donors (Lipinski definition) is 1. The molecule has 1 fully saturated rings. The number of carbonyl (C=O) groups is 2. The van der Waals surface area contributed by atoms with E-state index in [0.717, 1.165) is 56.2 Å². The summed E-state index contributed by atoms with van der Waals surface area (Å²) < 4.78 is 6.09. The molecule has 0 aromatic heterocycles. The Hall–Kier alpha value is -2.82. The second kappa shape index (κ2) is 11.3. The van der Waals surface area contributed by atoms with Gasteiger partial charge >= 0.3 is 0 Å². The third-order valence-corrected chi connectivity index (χ3v) is 7.39. The highest BCUT2D eigenvalue weighted by molar-refractivity contribution is 5.81. The molecular formula is C30H40N2O3. The zero-order valence-electron chi connectivity index (χ0n) is 21.7. The minimum Gasteiger partial charge on any atom is -0.481 e. The lowest BCUT2D eigenvalue weighted by atomic mass is 9.86. The van der Waals surface area contributed by atoms with E-state index in [-0.39, 0.29) is 23.8 Å². The lowest BCUT2D eigenvalue weighted by Crippen LogP contribution is -2.43. The van der Waals surface area contributed by atoms with Crippen LogP contribution in [0.3, 0.4) is 0 Å². The number of amides is 2. The number of carbonyl (C=O) groups excluding carboxylic acids is 2. The zero-order chi connectivity index (χ0) is 24.9. The van der Waals surface area contributed by atoms with Crippen LogP contribution in [0, 0.1) is 18.8 Å². The van der Waals surface area contributed by atoms with E-state index in [0.29, 0.717) is 18.2 Å². The second-order valence-corrected chi connectivity index (χ2v) is 10.7. The summed E-state index contributed by atoms with van der Waals surface area (Å²) in [6.45, 7) is 9.56. The fourth-order valence-corrected chi connectivity index (χ4v) is 5.40. The van der Waals surface area contributed by atoms with Crippen LogP contribution in [0.2, 0.25) is 0 Å². The summed E-state index contributed by atoms with van der Waals surface area (Å²) in [5, 5.41) is 2.97. The third-order valence-electron chi connectivity index (χ3n) is 7.39. The third kappa shape index (κ3) is 6.06. The molecule has 2 amide bonds. The number of hydrogen-bond acceptors (Lipinski definition) is 3. The highest BCUT2D eigenvalue weighted by Crippen LogP contribution is 2.40. The highest BCUT2D eigenvalue weighted by Gasteiger charge is 2.36. The first kappa shape index (κ1) is 25.3. The van der Waals surface area contributed by atoms with Crippen molar-refractivity contribution >= 4 is 11.8 Å². The number of nitrogens with one attached hydrogen (secondary N) is 1. The van der Waals surface area contributed by atoms with Gasteiger partial charge in [0.2, 0.25) is 5.91 Å². The van der Waals surface area contributed by atoms with Crippen molar-refractivity contribution < 1.29 is 14.3 Å². The number of ether oxygens (including phenoxy) is 1. The van der Waals surface area contributed by atoms with Crippen molar-refractivity contribution in [3.63, 3.8) is 0 Å². The monoisotopic (exact) mass is 476 g/mol. The molecule has 1 N–H and O–H groups in total. The Bertz CT molecular complexity index is 1040. The molecule has 0 spiro atoms. The number of benzene rings is 2. The maximum atomic E-state index is 13.6. The Morgan fingerprint density at radius 1 is 1.09 bits per heavy atom. The van der Waals surface area contributed by atoms with E-state index in [9.17, 15) is 9.59 Å². The van der Waals surface area contributed by atoms with Crippen molar-refractivity contribution in [1.82, 2.24) is 10.2 Å². The summed E-state index contributed by atoms with van der Waals surface area (Å²) in [5.41, 5.74) is 4.67. The zero-order valence-corrected chi connectivity index (χ0v) is 21.7. The lowest BCUT2D eigenvalue weighted by Gasteiger charge is -2.39. The van der Waals surface area contributed by atoms with Crippen LogP contribution in [0.15, 0.2) is 42.5 Å². The van der Waals surface area contributed by atoms with Gasteiger partial charge in [0.25, 0.3) is 5.91 Å². The van der Waals surface area contributed by atoms with Gasteiger partial charge in [-0.2, -0.15) is 0 Å². The van der Waals surface area contributed by atoms with Gasteiger partial charge in [0.15, 0.2) is 6.10 Å². The van der Waals surface area contributed by atoms with Crippen molar-refractivity contribution in [2.45, 2.75) is 78.4 Å². The van der Waals surface area contributed by atoms with Gasteiger partial charge in [0.1, 0.15) is 5.75 Å². The Labute approximate surface area is 210 Å². The SMILES string of the molecule is Cc1cccc([C@@H]2c3cc(O[C@@H](C)C(=O)NCCC(C)C)ccc3CCN2C(=O)C2CCCC2)c1. The number of nitrogens with zero attached hydrogens (tertiary/aromatic N) is 1. The summed E-state index contributed by atoms with van der Waals surface area (Å²) in [4.78, 5) is 28.3. The predicted octanol–water partition coefficient (Wildman–Crippen LogP) is 5.59. The van der Waals surface area contributed by atoms with Crippen LogP contribution in [0.4, 0.5) is 0 Å². The number of rotatable bonds is 8. The van der Waals surface area contributed by atoms with E-state index < -0.39 is 6.10 Å². The van der Waals surface area contributed by atoms with Gasteiger partial charge in [-0.05, 0) is 74.3 Å². The van der Waals surface area contributed by atoms with E-state index in [4.69, 9.17) is 4.74 Å². The van der Waals surface area contributed by atoms with Gasteiger partial charge in [0.05, 0.1) is 6.04 Å². The summed E-state index contributed by atoms with van der Waals surface area (Å²) >= 11 is 0. The van der Waals surface area contributed by atoms with E-state index >= 15 is 0 Å². The molecule has 5 heteroatoms. The average molecular weight is 477 g/mol. The molecule has 1 saturated carbocycles. The van der Waals surface area contributed by atoms with E-state index in [2.05, 4.69) is 61.3 Å². The molecule has 5 nitrogen and oxygen atoms in total. The maximum absolute atomic E-state index is 13.6. The van der Waals surface area contributed by atoms with Crippen LogP contribution < -0.4 is 10.1 Å². The summed E-state index contributed by atoms with van der Waals surface area (Å²) in [6, 6.07) is 14.5. The molecule has 2 aliphatic rings. The van der Waals surface area contributed by atoms with Crippen molar-refractivity contribution in [2.75, 3.05) is 13.1 Å². The molecule has 0 bridgehead atoms. The molecule has 188 valence electrons. The second-order valence-electron chi connectivity index (χ2n) is 10.7. The van der Waals surface area contributed by atoms with Crippen LogP contribution in [0.25, 0.3) is 0 Å². The molecule has 1 heterocycles. The molecular weight excluding hydrogens is 436 g/mol. The average Bonchev–Trinajstić information content (AvgIpc) is 3.37. The van der Waals surface area contributed by atoms with Gasteiger partial charge in [0, 0.05) is 19.0 Å². The van der Waals surface area contributed by atoms with Crippen LogP contribution in [-0.4, -0.2) is 35.9 Å². The first-order valence-electron chi connectivity index (χ1n) is 13.3. The van der Waals surface area contributed by atoms with Crippen LogP contribution in [0.5, 0.6) is 5.75 Å². The smallest absolute Gasteiger partial charge is 0.260 e. The van der Waals surface area contributed by atoms with Gasteiger partial charge in [-0.15, -0.1) is 0 Å². The van der Waals surface area contributed by atoms with Crippen molar-refractivity contribution in [3.8, 4) is 5.75 Å². The summed E-state index contributed by atoms with van der Waals surface area (Å²) in [5.74, 6) is 1.53. The molecule has 2 aromatic carbocycles. The molecule has 1 aliphatic heterocycles. The van der Waals surface area contributed by atoms with E-state index in [1.807, 2.05) is 12.1 Å². The normalized spacial score (nSPS) is 18.9.